The van der Waals surface area contributed by atoms with Crippen LogP contribution in [0.3, 0.4) is 0 Å². The Labute approximate surface area is 165 Å². The van der Waals surface area contributed by atoms with Gasteiger partial charge in [0, 0.05) is 17.1 Å². The third-order valence-electron chi connectivity index (χ3n) is 7.78. The van der Waals surface area contributed by atoms with Gasteiger partial charge >= 0.3 is 17.9 Å². The molecule has 6 rings (SSSR count). The lowest BCUT2D eigenvalue weighted by molar-refractivity contribution is -0.191. The molecule has 4 heterocycles. The first kappa shape index (κ1) is 17.6. The lowest BCUT2D eigenvalue weighted by atomic mass is 9.52. The fourth-order valence-corrected chi connectivity index (χ4v) is 7.19. The van der Waals surface area contributed by atoms with Crippen LogP contribution in [0.1, 0.15) is 27.7 Å². The van der Waals surface area contributed by atoms with Crippen molar-refractivity contribution in [3.63, 3.8) is 0 Å². The number of fused-ring (bicyclic) bond motifs is 1. The van der Waals surface area contributed by atoms with Crippen LogP contribution < -0.4 is 0 Å². The van der Waals surface area contributed by atoms with E-state index in [0.717, 1.165) is 0 Å². The van der Waals surface area contributed by atoms with Crippen LogP contribution >= 0.6 is 0 Å². The Morgan fingerprint density at radius 3 is 2.45 bits per heavy atom. The Hall–Kier alpha value is -2.23. The van der Waals surface area contributed by atoms with Crippen molar-refractivity contribution >= 4 is 17.9 Å². The number of aliphatic hydroxyl groups excluding tert-OH is 2. The normalized spacial score (nSPS) is 51.4. The molecule has 154 valence electrons. The fourth-order valence-electron chi connectivity index (χ4n) is 7.19. The lowest BCUT2D eigenvalue weighted by Gasteiger charge is -2.45. The number of hydrogen-bond donors (Lipinski definition) is 2. The van der Waals surface area contributed by atoms with E-state index in [1.807, 2.05) is 20.8 Å². The lowest BCUT2D eigenvalue weighted by Crippen LogP contribution is -2.58. The van der Waals surface area contributed by atoms with Gasteiger partial charge in [-0.05, 0) is 18.4 Å². The third kappa shape index (κ3) is 1.35. The van der Waals surface area contributed by atoms with Gasteiger partial charge in [-0.3, -0.25) is 0 Å². The molecule has 3 unspecified atom stereocenters. The van der Waals surface area contributed by atoms with Gasteiger partial charge in [0.1, 0.15) is 11.9 Å². The van der Waals surface area contributed by atoms with Crippen molar-refractivity contribution in [1.29, 1.82) is 0 Å². The van der Waals surface area contributed by atoms with Crippen molar-refractivity contribution in [2.45, 2.75) is 57.9 Å². The first-order valence-electron chi connectivity index (χ1n) is 9.58. The van der Waals surface area contributed by atoms with E-state index in [9.17, 15) is 24.6 Å². The summed E-state index contributed by atoms with van der Waals surface area (Å²) < 4.78 is 22.6. The second-order valence-corrected chi connectivity index (χ2v) is 9.83. The standard InChI is InChI=1S/C20H20O9/c1-6-8-7(26-13(6)23)5-18-12-9(21)10(17(2,3)4)19(18)11(22)14(24)28-16(19)29-20(8,18)15(25)27-12/h5,9-12,16,21-22H,1-4H3/t9-,10+,11+,12?,16?,18-,19?,20+/m1/s1. The molecule has 4 fully saturated rings. The smallest absolute Gasteiger partial charge is 0.344 e. The van der Waals surface area contributed by atoms with Gasteiger partial charge in [0.05, 0.1) is 16.9 Å². The summed E-state index contributed by atoms with van der Waals surface area (Å²) in [6.45, 7) is 7.13. The number of hydrogen-bond acceptors (Lipinski definition) is 9. The van der Waals surface area contributed by atoms with Crippen molar-refractivity contribution in [3.05, 3.63) is 23.0 Å². The average Bonchev–Trinajstić information content (AvgIpc) is 3.30. The molecule has 29 heavy (non-hydrogen) atoms. The molecule has 1 saturated carbocycles. The first-order chi connectivity index (χ1) is 13.5. The molecule has 3 saturated heterocycles. The highest BCUT2D eigenvalue weighted by Crippen LogP contribution is 2.82. The minimum absolute atomic E-state index is 0.153. The molecule has 0 aromatic heterocycles. The second-order valence-electron chi connectivity index (χ2n) is 9.83. The summed E-state index contributed by atoms with van der Waals surface area (Å²) in [6.07, 6.45) is -3.67. The van der Waals surface area contributed by atoms with E-state index in [1.165, 1.54) is 6.92 Å². The highest BCUT2D eigenvalue weighted by atomic mass is 16.7. The molecular formula is C20H20O9. The van der Waals surface area contributed by atoms with E-state index < -0.39 is 70.3 Å². The van der Waals surface area contributed by atoms with Gasteiger partial charge in [0.15, 0.2) is 6.10 Å². The monoisotopic (exact) mass is 404 g/mol. The minimum Gasteiger partial charge on any atom is -0.456 e. The van der Waals surface area contributed by atoms with E-state index in [0.29, 0.717) is 0 Å². The number of rotatable bonds is 0. The van der Waals surface area contributed by atoms with Crippen LogP contribution in [0.4, 0.5) is 0 Å². The average molecular weight is 404 g/mol. The molecular weight excluding hydrogens is 384 g/mol. The van der Waals surface area contributed by atoms with Crippen LogP contribution in [-0.2, 0) is 33.3 Å². The van der Waals surface area contributed by atoms with Crippen LogP contribution in [0, 0.1) is 22.2 Å². The summed E-state index contributed by atoms with van der Waals surface area (Å²) in [4.78, 5) is 37.9. The SMILES string of the molecule is CC1=C2C(=C[C@]34C5OC(=O)[C@@]23OC2OC(=O)[C@H](O)C24[C@H](C(C)(C)C)[C@H]5O)OC1=O. The van der Waals surface area contributed by atoms with E-state index in [-0.39, 0.29) is 16.9 Å². The first-order valence-corrected chi connectivity index (χ1v) is 9.58. The zero-order valence-corrected chi connectivity index (χ0v) is 16.2. The Morgan fingerprint density at radius 1 is 1.10 bits per heavy atom. The van der Waals surface area contributed by atoms with E-state index in [4.69, 9.17) is 18.9 Å². The Kier molecular flexibility index (Phi) is 2.69. The van der Waals surface area contributed by atoms with Crippen molar-refractivity contribution in [3.8, 4) is 0 Å². The van der Waals surface area contributed by atoms with Gasteiger partial charge < -0.3 is 29.2 Å². The largest absolute Gasteiger partial charge is 0.456 e. The number of carbonyl (C=O) groups is 3. The molecule has 2 N–H and O–H groups in total. The summed E-state index contributed by atoms with van der Waals surface area (Å²) in [6, 6.07) is 0. The summed E-state index contributed by atoms with van der Waals surface area (Å²) in [5.74, 6) is -2.83. The molecule has 2 spiro atoms. The van der Waals surface area contributed by atoms with E-state index in [2.05, 4.69) is 0 Å². The summed E-state index contributed by atoms with van der Waals surface area (Å²) in [5, 5.41) is 22.5. The quantitative estimate of drug-likeness (QED) is 0.413. The highest BCUT2D eigenvalue weighted by Gasteiger charge is 2.97. The molecule has 4 aliphatic heterocycles. The molecule has 6 aliphatic rings. The second kappa shape index (κ2) is 4.43. The summed E-state index contributed by atoms with van der Waals surface area (Å²) in [7, 11) is 0. The minimum atomic E-state index is -1.82. The summed E-state index contributed by atoms with van der Waals surface area (Å²) >= 11 is 0. The molecule has 9 nitrogen and oxygen atoms in total. The zero-order valence-electron chi connectivity index (χ0n) is 16.2. The molecule has 9 heteroatoms. The maximum Gasteiger partial charge on any atom is 0.344 e. The van der Waals surface area contributed by atoms with E-state index >= 15 is 0 Å². The molecule has 8 atom stereocenters. The van der Waals surface area contributed by atoms with Gasteiger partial charge in [-0.15, -0.1) is 0 Å². The van der Waals surface area contributed by atoms with Crippen LogP contribution in [-0.4, -0.2) is 58.3 Å². The van der Waals surface area contributed by atoms with Crippen molar-refractivity contribution in [2.75, 3.05) is 0 Å². The van der Waals surface area contributed by atoms with Gasteiger partial charge in [0.2, 0.25) is 11.9 Å². The van der Waals surface area contributed by atoms with Gasteiger partial charge in [-0.25, -0.2) is 14.4 Å². The highest BCUT2D eigenvalue weighted by molar-refractivity contribution is 6.03. The predicted octanol–water partition coefficient (Wildman–Crippen LogP) is -0.295. The van der Waals surface area contributed by atoms with Crippen LogP contribution in [0.2, 0.25) is 0 Å². The van der Waals surface area contributed by atoms with Crippen LogP contribution in [0.5, 0.6) is 0 Å². The number of aliphatic hydroxyl groups is 2. The Bertz CT molecular complexity index is 1000. The summed E-state index contributed by atoms with van der Waals surface area (Å²) in [5.41, 5.74) is -4.96. The fraction of sp³-hybridized carbons (Fsp3) is 0.650. The maximum atomic E-state index is 13.2. The predicted molar refractivity (Wildman–Crippen MR) is 90.3 cm³/mol. The van der Waals surface area contributed by atoms with Crippen LogP contribution in [0.15, 0.2) is 23.0 Å². The van der Waals surface area contributed by atoms with Gasteiger partial charge in [-0.1, -0.05) is 20.8 Å². The van der Waals surface area contributed by atoms with Crippen molar-refractivity contribution in [1.82, 2.24) is 0 Å². The Morgan fingerprint density at radius 2 is 1.79 bits per heavy atom. The molecule has 0 aromatic rings. The number of ether oxygens (including phenoxy) is 4. The number of carbonyl (C=O) groups excluding carboxylic acids is 3. The van der Waals surface area contributed by atoms with Crippen molar-refractivity contribution in [2.24, 2.45) is 22.2 Å². The van der Waals surface area contributed by atoms with Gasteiger partial charge in [-0.2, -0.15) is 0 Å². The molecule has 0 radical (unpaired) electrons. The van der Waals surface area contributed by atoms with Crippen molar-refractivity contribution < 1.29 is 43.5 Å². The number of esters is 3. The maximum absolute atomic E-state index is 13.2. The van der Waals surface area contributed by atoms with Gasteiger partial charge in [0.25, 0.3) is 0 Å². The van der Waals surface area contributed by atoms with E-state index in [1.54, 1.807) is 6.08 Å². The van der Waals surface area contributed by atoms with Crippen LogP contribution in [0.25, 0.3) is 0 Å². The topological polar surface area (TPSA) is 129 Å². The Balaban J connectivity index is 1.75. The molecule has 0 bridgehead atoms. The molecule has 2 aliphatic carbocycles. The molecule has 0 aromatic carbocycles. The molecule has 0 amide bonds. The zero-order chi connectivity index (χ0) is 20.9. The third-order valence-corrected chi connectivity index (χ3v) is 7.78.